The Labute approximate surface area is 147 Å². The molecule has 2 aromatic carbocycles. The monoisotopic (exact) mass is 367 g/mol. The van der Waals surface area contributed by atoms with Gasteiger partial charge >= 0.3 is 0 Å². The fourth-order valence-corrected chi connectivity index (χ4v) is 3.68. The van der Waals surface area contributed by atoms with Crippen LogP contribution in [0.2, 0.25) is 0 Å². The second kappa shape index (κ2) is 8.94. The van der Waals surface area contributed by atoms with Gasteiger partial charge in [0.1, 0.15) is 0 Å². The Morgan fingerprint density at radius 1 is 1.16 bits per heavy atom. The van der Waals surface area contributed by atoms with Crippen molar-refractivity contribution in [3.05, 3.63) is 59.9 Å². The molecular weight excluding hydrogens is 345 g/mol. The molecule has 0 aliphatic heterocycles. The lowest BCUT2D eigenvalue weighted by Crippen LogP contribution is -2.26. The minimum atomic E-state index is -3.81. The number of hydrogen-bond donors (Lipinski definition) is 2. The largest absolute Gasteiger partial charge is 0.494 e. The molecule has 0 spiro atoms. The van der Waals surface area contributed by atoms with E-state index < -0.39 is 15.8 Å². The summed E-state index contributed by atoms with van der Waals surface area (Å²) >= 11 is 0. The third-order valence-electron chi connectivity index (χ3n) is 3.97. The van der Waals surface area contributed by atoms with E-state index in [1.807, 2.05) is 30.3 Å². The molecule has 0 saturated carbocycles. The smallest absolute Gasteiger partial charge is 0.240 e. The molecule has 5 nitrogen and oxygen atoms in total. The predicted molar refractivity (Wildman–Crippen MR) is 93.6 cm³/mol. The lowest BCUT2D eigenvalue weighted by atomic mass is 9.93. The standard InChI is InChI=1S/C18H22FNO4S/c1-24-18-8-7-16(13-17(18)19)25(22,23)20-11-9-15(10-12-21)14-5-3-2-4-6-14/h2-8,13,15,20-21H,9-12H2,1H3. The first kappa shape index (κ1) is 19.4. The zero-order valence-electron chi connectivity index (χ0n) is 14.0. The molecule has 1 atom stereocenters. The molecule has 2 aromatic rings. The van der Waals surface area contributed by atoms with Crippen molar-refractivity contribution in [3.8, 4) is 5.75 Å². The van der Waals surface area contributed by atoms with Crippen LogP contribution in [0.4, 0.5) is 4.39 Å². The highest BCUT2D eigenvalue weighted by atomic mass is 32.2. The number of sulfonamides is 1. The van der Waals surface area contributed by atoms with Crippen molar-refractivity contribution in [3.63, 3.8) is 0 Å². The highest BCUT2D eigenvalue weighted by Crippen LogP contribution is 2.23. The van der Waals surface area contributed by atoms with Crippen molar-refractivity contribution >= 4 is 10.0 Å². The van der Waals surface area contributed by atoms with E-state index in [4.69, 9.17) is 4.74 Å². The van der Waals surface area contributed by atoms with Crippen LogP contribution in [-0.4, -0.2) is 33.8 Å². The molecule has 0 bridgehead atoms. The van der Waals surface area contributed by atoms with Crippen molar-refractivity contribution in [2.75, 3.05) is 20.3 Å². The Hall–Kier alpha value is -1.96. The fourth-order valence-electron chi connectivity index (χ4n) is 2.62. The molecule has 0 aliphatic rings. The molecule has 0 fully saturated rings. The van der Waals surface area contributed by atoms with Crippen LogP contribution in [0.5, 0.6) is 5.75 Å². The minimum absolute atomic E-state index is 0.00830. The topological polar surface area (TPSA) is 75.6 Å². The molecule has 136 valence electrons. The third-order valence-corrected chi connectivity index (χ3v) is 5.43. The van der Waals surface area contributed by atoms with Crippen LogP contribution in [0.25, 0.3) is 0 Å². The molecule has 2 N–H and O–H groups in total. The number of methoxy groups -OCH3 is 1. The van der Waals surface area contributed by atoms with Gasteiger partial charge in [0.05, 0.1) is 12.0 Å². The van der Waals surface area contributed by atoms with Crippen molar-refractivity contribution in [1.29, 1.82) is 0 Å². The van der Waals surface area contributed by atoms with Gasteiger partial charge in [-0.2, -0.15) is 0 Å². The van der Waals surface area contributed by atoms with E-state index in [0.717, 1.165) is 11.6 Å². The van der Waals surface area contributed by atoms with Crippen LogP contribution in [0.1, 0.15) is 24.3 Å². The van der Waals surface area contributed by atoms with Gasteiger partial charge in [0, 0.05) is 13.2 Å². The number of aliphatic hydroxyl groups excluding tert-OH is 1. The Morgan fingerprint density at radius 2 is 1.88 bits per heavy atom. The Morgan fingerprint density at radius 3 is 2.48 bits per heavy atom. The van der Waals surface area contributed by atoms with Crippen LogP contribution in [0.15, 0.2) is 53.4 Å². The van der Waals surface area contributed by atoms with E-state index in [2.05, 4.69) is 4.72 Å². The molecule has 0 aliphatic carbocycles. The Bertz CT molecular complexity index is 781. The summed E-state index contributed by atoms with van der Waals surface area (Å²) in [7, 11) is -2.49. The van der Waals surface area contributed by atoms with E-state index >= 15 is 0 Å². The average molecular weight is 367 g/mol. The highest BCUT2D eigenvalue weighted by molar-refractivity contribution is 7.89. The van der Waals surface area contributed by atoms with E-state index in [1.54, 1.807) is 0 Å². The van der Waals surface area contributed by atoms with Crippen LogP contribution in [0, 0.1) is 5.82 Å². The zero-order chi connectivity index (χ0) is 18.3. The number of aliphatic hydroxyl groups is 1. The summed E-state index contributed by atoms with van der Waals surface area (Å²) in [6, 6.07) is 13.1. The first-order chi connectivity index (χ1) is 12.0. The van der Waals surface area contributed by atoms with Crippen LogP contribution in [0.3, 0.4) is 0 Å². The number of hydrogen-bond acceptors (Lipinski definition) is 4. The molecule has 0 aromatic heterocycles. The van der Waals surface area contributed by atoms with Gasteiger partial charge in [-0.1, -0.05) is 30.3 Å². The molecular formula is C18H22FNO4S. The number of halogens is 1. The normalized spacial score (nSPS) is 12.8. The number of benzene rings is 2. The first-order valence-corrected chi connectivity index (χ1v) is 9.45. The van der Waals surface area contributed by atoms with Crippen molar-refractivity contribution in [1.82, 2.24) is 4.72 Å². The maximum atomic E-state index is 13.7. The third kappa shape index (κ3) is 5.26. The van der Waals surface area contributed by atoms with Gasteiger partial charge in [0.2, 0.25) is 10.0 Å². The maximum absolute atomic E-state index is 13.7. The van der Waals surface area contributed by atoms with Gasteiger partial charge in [-0.25, -0.2) is 17.5 Å². The summed E-state index contributed by atoms with van der Waals surface area (Å²) in [4.78, 5) is -0.149. The Balaban J connectivity index is 2.02. The molecule has 25 heavy (non-hydrogen) atoms. The van der Waals surface area contributed by atoms with Crippen LogP contribution in [-0.2, 0) is 10.0 Å². The van der Waals surface area contributed by atoms with Gasteiger partial charge in [-0.05, 0) is 42.5 Å². The summed E-state index contributed by atoms with van der Waals surface area (Å²) in [5.41, 5.74) is 1.05. The number of nitrogens with one attached hydrogen (secondary N) is 1. The van der Waals surface area contributed by atoms with E-state index in [9.17, 15) is 17.9 Å². The summed E-state index contributed by atoms with van der Waals surface area (Å²) in [6.45, 7) is 0.214. The second-order valence-corrected chi connectivity index (χ2v) is 7.37. The van der Waals surface area contributed by atoms with Crippen molar-refractivity contribution in [2.45, 2.75) is 23.7 Å². The average Bonchev–Trinajstić information content (AvgIpc) is 2.61. The minimum Gasteiger partial charge on any atom is -0.494 e. The lowest BCUT2D eigenvalue weighted by Gasteiger charge is -2.17. The molecule has 0 radical (unpaired) electrons. The fraction of sp³-hybridized carbons (Fsp3) is 0.333. The Kier molecular flexibility index (Phi) is 6.92. The quantitative estimate of drug-likeness (QED) is 0.714. The predicted octanol–water partition coefficient (Wildman–Crippen LogP) is 2.67. The van der Waals surface area contributed by atoms with Gasteiger partial charge in [0.25, 0.3) is 0 Å². The van der Waals surface area contributed by atoms with Crippen LogP contribution >= 0.6 is 0 Å². The SMILES string of the molecule is COc1ccc(S(=O)(=O)NCCC(CCO)c2ccccc2)cc1F. The zero-order valence-corrected chi connectivity index (χ0v) is 14.8. The number of rotatable bonds is 9. The van der Waals surface area contributed by atoms with Crippen LogP contribution < -0.4 is 9.46 Å². The van der Waals surface area contributed by atoms with Crippen molar-refractivity contribution < 1.29 is 22.7 Å². The summed E-state index contributed by atoms with van der Waals surface area (Å²) in [5.74, 6) is -0.694. The second-order valence-electron chi connectivity index (χ2n) is 5.60. The summed E-state index contributed by atoms with van der Waals surface area (Å²) in [6.07, 6.45) is 1.07. The first-order valence-electron chi connectivity index (χ1n) is 7.97. The molecule has 0 saturated heterocycles. The summed E-state index contributed by atoms with van der Waals surface area (Å²) < 4.78 is 45.6. The van der Waals surface area contributed by atoms with Gasteiger partial charge in [-0.3, -0.25) is 0 Å². The molecule has 7 heteroatoms. The molecule has 0 heterocycles. The molecule has 2 rings (SSSR count). The number of ether oxygens (including phenoxy) is 1. The van der Waals surface area contributed by atoms with Gasteiger partial charge in [-0.15, -0.1) is 0 Å². The van der Waals surface area contributed by atoms with E-state index in [-0.39, 0.29) is 29.7 Å². The highest BCUT2D eigenvalue weighted by Gasteiger charge is 2.18. The maximum Gasteiger partial charge on any atom is 0.240 e. The molecule has 0 amide bonds. The van der Waals surface area contributed by atoms with E-state index in [1.165, 1.54) is 19.2 Å². The van der Waals surface area contributed by atoms with Crippen molar-refractivity contribution in [2.24, 2.45) is 0 Å². The van der Waals surface area contributed by atoms with Gasteiger partial charge < -0.3 is 9.84 Å². The van der Waals surface area contributed by atoms with E-state index in [0.29, 0.717) is 12.8 Å². The van der Waals surface area contributed by atoms with Gasteiger partial charge in [0.15, 0.2) is 11.6 Å². The summed E-state index contributed by atoms with van der Waals surface area (Å²) in [5, 5.41) is 9.22. The lowest BCUT2D eigenvalue weighted by molar-refractivity contribution is 0.273. The molecule has 1 unspecified atom stereocenters.